The van der Waals surface area contributed by atoms with E-state index in [1.807, 2.05) is 53.4 Å². The summed E-state index contributed by atoms with van der Waals surface area (Å²) < 4.78 is 6.07. The summed E-state index contributed by atoms with van der Waals surface area (Å²) >= 11 is 0. The number of carbonyl (C=O) groups excluding carboxylic acids is 2. The molecule has 3 unspecified atom stereocenters. The van der Waals surface area contributed by atoms with Gasteiger partial charge in [-0.15, -0.1) is 0 Å². The Labute approximate surface area is 211 Å². The Morgan fingerprint density at radius 1 is 0.972 bits per heavy atom. The number of H-pyrrole nitrogens is 1. The number of amides is 2. The molecule has 2 amide bonds. The maximum atomic E-state index is 13.4. The van der Waals surface area contributed by atoms with Crippen molar-refractivity contribution >= 4 is 22.7 Å². The van der Waals surface area contributed by atoms with Crippen LogP contribution in [0.25, 0.3) is 10.9 Å². The molecule has 3 N–H and O–H groups in total. The zero-order valence-electron chi connectivity index (χ0n) is 20.4. The van der Waals surface area contributed by atoms with Crippen LogP contribution in [-0.2, 0) is 11.4 Å². The van der Waals surface area contributed by atoms with E-state index in [0.717, 1.165) is 54.6 Å². The highest BCUT2D eigenvalue weighted by Gasteiger charge is 2.40. The van der Waals surface area contributed by atoms with Crippen LogP contribution in [0.3, 0.4) is 0 Å². The number of benzene rings is 2. The molecule has 3 aromatic rings. The first kappa shape index (κ1) is 23.1. The van der Waals surface area contributed by atoms with Crippen molar-refractivity contribution in [3.63, 3.8) is 0 Å². The topological polar surface area (TPSA) is 89.7 Å². The SMILES string of the molecule is O=C1NC(N2CCN(C(=O)c3c[nH]c4c(OCc5ccccc5)cccc34)CC2)NC2CCCCC12. The summed E-state index contributed by atoms with van der Waals surface area (Å²) in [5, 5.41) is 7.69. The summed E-state index contributed by atoms with van der Waals surface area (Å²) in [6.07, 6.45) is 6.00. The lowest BCUT2D eigenvalue weighted by molar-refractivity contribution is -0.134. The second-order valence-corrected chi connectivity index (χ2v) is 10.1. The predicted octanol–water partition coefficient (Wildman–Crippen LogP) is 3.07. The second kappa shape index (κ2) is 9.95. The van der Waals surface area contributed by atoms with Gasteiger partial charge in [-0.25, -0.2) is 0 Å². The standard InChI is InChI=1S/C28H33N5O3/c34-26-21-9-4-5-11-23(21)30-28(31-26)33-15-13-32(14-16-33)27(35)22-17-29-25-20(22)10-6-12-24(25)36-18-19-7-2-1-3-8-19/h1-3,6-8,10,12,17,21,23,28-30H,4-5,9,11,13-16,18H2,(H,31,34). The minimum atomic E-state index is -0.147. The predicted molar refractivity (Wildman–Crippen MR) is 137 cm³/mol. The summed E-state index contributed by atoms with van der Waals surface area (Å²) in [6.45, 7) is 3.15. The van der Waals surface area contributed by atoms with Crippen LogP contribution in [-0.4, -0.2) is 65.1 Å². The Morgan fingerprint density at radius 3 is 2.61 bits per heavy atom. The van der Waals surface area contributed by atoms with Gasteiger partial charge in [-0.3, -0.25) is 19.8 Å². The molecule has 8 heteroatoms. The first-order valence-corrected chi connectivity index (χ1v) is 13.0. The Hall–Kier alpha value is -3.36. The highest BCUT2D eigenvalue weighted by molar-refractivity contribution is 6.08. The Balaban J connectivity index is 1.10. The average Bonchev–Trinajstić information content (AvgIpc) is 3.37. The van der Waals surface area contributed by atoms with Crippen molar-refractivity contribution in [1.82, 2.24) is 25.4 Å². The number of para-hydroxylation sites is 1. The number of fused-ring (bicyclic) bond motifs is 2. The van der Waals surface area contributed by atoms with Crippen LogP contribution in [0.4, 0.5) is 0 Å². The molecule has 3 aliphatic rings. The smallest absolute Gasteiger partial charge is 0.256 e. The summed E-state index contributed by atoms with van der Waals surface area (Å²) in [6, 6.07) is 16.1. The third kappa shape index (κ3) is 4.47. The number of ether oxygens (including phenoxy) is 1. The zero-order chi connectivity index (χ0) is 24.5. The fourth-order valence-electron chi connectivity index (χ4n) is 5.84. The van der Waals surface area contributed by atoms with Crippen molar-refractivity contribution in [3.05, 3.63) is 65.9 Å². The minimum Gasteiger partial charge on any atom is -0.487 e. The van der Waals surface area contributed by atoms with Crippen LogP contribution < -0.4 is 15.4 Å². The molecule has 2 saturated heterocycles. The van der Waals surface area contributed by atoms with Crippen molar-refractivity contribution in [3.8, 4) is 5.75 Å². The number of nitrogens with one attached hydrogen (secondary N) is 3. The number of rotatable bonds is 5. The number of aromatic amines is 1. The third-order valence-corrected chi connectivity index (χ3v) is 7.87. The first-order valence-electron chi connectivity index (χ1n) is 13.0. The molecule has 3 fully saturated rings. The van der Waals surface area contributed by atoms with E-state index < -0.39 is 0 Å². The van der Waals surface area contributed by atoms with Crippen LogP contribution in [0.5, 0.6) is 5.75 Å². The van der Waals surface area contributed by atoms with Crippen LogP contribution in [0.15, 0.2) is 54.7 Å². The van der Waals surface area contributed by atoms with Crippen molar-refractivity contribution in [1.29, 1.82) is 0 Å². The summed E-state index contributed by atoms with van der Waals surface area (Å²) in [7, 11) is 0. The normalized spacial score (nSPS) is 24.8. The van der Waals surface area contributed by atoms with Gasteiger partial charge in [-0.1, -0.05) is 55.3 Å². The number of hydrogen-bond acceptors (Lipinski definition) is 5. The third-order valence-electron chi connectivity index (χ3n) is 7.87. The van der Waals surface area contributed by atoms with E-state index in [1.165, 1.54) is 6.42 Å². The van der Waals surface area contributed by atoms with Crippen LogP contribution in [0.2, 0.25) is 0 Å². The van der Waals surface area contributed by atoms with Gasteiger partial charge in [0.2, 0.25) is 5.91 Å². The number of piperazine rings is 1. The van der Waals surface area contributed by atoms with E-state index in [9.17, 15) is 9.59 Å². The lowest BCUT2D eigenvalue weighted by atomic mass is 9.82. The highest BCUT2D eigenvalue weighted by atomic mass is 16.5. The molecule has 2 aliphatic heterocycles. The number of nitrogens with zero attached hydrogens (tertiary/aromatic N) is 2. The fourth-order valence-corrected chi connectivity index (χ4v) is 5.84. The van der Waals surface area contributed by atoms with Gasteiger partial charge in [0.25, 0.3) is 5.91 Å². The molecule has 0 radical (unpaired) electrons. The maximum absolute atomic E-state index is 13.4. The van der Waals surface area contributed by atoms with Crippen molar-refractivity contribution in [2.45, 2.75) is 44.6 Å². The second-order valence-electron chi connectivity index (χ2n) is 10.1. The van der Waals surface area contributed by atoms with Gasteiger partial charge >= 0.3 is 0 Å². The molecule has 3 heterocycles. The molecule has 1 aliphatic carbocycles. The lowest BCUT2D eigenvalue weighted by Gasteiger charge is -2.46. The van der Waals surface area contributed by atoms with Gasteiger partial charge in [0.15, 0.2) is 0 Å². The monoisotopic (exact) mass is 487 g/mol. The summed E-state index contributed by atoms with van der Waals surface area (Å²) in [5.41, 5.74) is 2.60. The highest BCUT2D eigenvalue weighted by Crippen LogP contribution is 2.30. The van der Waals surface area contributed by atoms with Gasteiger partial charge in [0, 0.05) is 43.8 Å². The number of carbonyl (C=O) groups is 2. The van der Waals surface area contributed by atoms with E-state index in [2.05, 4.69) is 20.5 Å². The molecule has 0 spiro atoms. The zero-order valence-corrected chi connectivity index (χ0v) is 20.4. The number of aromatic nitrogens is 1. The van der Waals surface area contributed by atoms with Crippen LogP contribution in [0.1, 0.15) is 41.6 Å². The molecule has 0 bridgehead atoms. The Morgan fingerprint density at radius 2 is 1.78 bits per heavy atom. The molecule has 6 rings (SSSR count). The van der Waals surface area contributed by atoms with Gasteiger partial charge in [0.1, 0.15) is 18.6 Å². The van der Waals surface area contributed by atoms with Gasteiger partial charge in [0.05, 0.1) is 17.0 Å². The van der Waals surface area contributed by atoms with E-state index in [4.69, 9.17) is 4.74 Å². The summed E-state index contributed by atoms with van der Waals surface area (Å²) in [5.74, 6) is 1.03. The lowest BCUT2D eigenvalue weighted by Crippen LogP contribution is -2.69. The molecule has 3 atom stereocenters. The molecule has 1 aromatic heterocycles. The molecule has 8 nitrogen and oxygen atoms in total. The molecule has 188 valence electrons. The molecular formula is C28H33N5O3. The van der Waals surface area contributed by atoms with E-state index >= 15 is 0 Å². The van der Waals surface area contributed by atoms with Crippen molar-refractivity contribution < 1.29 is 14.3 Å². The Bertz CT molecular complexity index is 1230. The molecule has 36 heavy (non-hydrogen) atoms. The Kier molecular flexibility index (Phi) is 6.37. The summed E-state index contributed by atoms with van der Waals surface area (Å²) in [4.78, 5) is 33.5. The maximum Gasteiger partial charge on any atom is 0.256 e. The first-order chi connectivity index (χ1) is 17.7. The average molecular weight is 488 g/mol. The number of hydrogen-bond donors (Lipinski definition) is 3. The van der Waals surface area contributed by atoms with E-state index in [-0.39, 0.29) is 30.1 Å². The molecule has 2 aromatic carbocycles. The van der Waals surface area contributed by atoms with Crippen molar-refractivity contribution in [2.75, 3.05) is 26.2 Å². The minimum absolute atomic E-state index is 0.0223. The van der Waals surface area contributed by atoms with Gasteiger partial charge in [-0.2, -0.15) is 0 Å². The fraction of sp³-hybridized carbons (Fsp3) is 0.429. The van der Waals surface area contributed by atoms with E-state index in [0.29, 0.717) is 25.3 Å². The van der Waals surface area contributed by atoms with Crippen LogP contribution >= 0.6 is 0 Å². The van der Waals surface area contributed by atoms with Gasteiger partial charge < -0.3 is 19.9 Å². The van der Waals surface area contributed by atoms with Crippen LogP contribution in [0, 0.1) is 5.92 Å². The quantitative estimate of drug-likeness (QED) is 0.515. The van der Waals surface area contributed by atoms with E-state index in [1.54, 1.807) is 6.20 Å². The molecular weight excluding hydrogens is 454 g/mol. The molecule has 1 saturated carbocycles. The van der Waals surface area contributed by atoms with Gasteiger partial charge in [-0.05, 0) is 24.5 Å². The largest absolute Gasteiger partial charge is 0.487 e. The van der Waals surface area contributed by atoms with Crippen molar-refractivity contribution in [2.24, 2.45) is 5.92 Å².